The second-order valence-corrected chi connectivity index (χ2v) is 4.69. The van der Waals surface area contributed by atoms with Crippen LogP contribution in [-0.4, -0.2) is 72.7 Å². The summed E-state index contributed by atoms with van der Waals surface area (Å²) in [7, 11) is 2.06. The average Bonchev–Trinajstić information content (AvgIpc) is 2.16. The van der Waals surface area contributed by atoms with Crippen molar-refractivity contribution in [2.75, 3.05) is 46.3 Å². The van der Waals surface area contributed by atoms with Gasteiger partial charge in [0.25, 0.3) is 0 Å². The molecule has 0 aromatic carbocycles. The van der Waals surface area contributed by atoms with Gasteiger partial charge in [0, 0.05) is 39.3 Å². The molecule has 0 saturated carbocycles. The summed E-state index contributed by atoms with van der Waals surface area (Å²) in [6, 6.07) is 0. The number of hydrogen-bond donors (Lipinski definition) is 2. The maximum atomic E-state index is 11.8. The van der Waals surface area contributed by atoms with Gasteiger partial charge < -0.3 is 20.2 Å². The third kappa shape index (κ3) is 2.48. The van der Waals surface area contributed by atoms with Crippen molar-refractivity contribution in [2.24, 2.45) is 0 Å². The van der Waals surface area contributed by atoms with E-state index in [-0.39, 0.29) is 12.3 Å². The maximum absolute atomic E-state index is 11.8. The Morgan fingerprint density at radius 3 is 2.40 bits per heavy atom. The Bertz CT molecular complexity index is 245. The summed E-state index contributed by atoms with van der Waals surface area (Å²) in [5, 5.41) is 12.8. The third-order valence-electron chi connectivity index (χ3n) is 3.24. The summed E-state index contributed by atoms with van der Waals surface area (Å²) < 4.78 is 0. The van der Waals surface area contributed by atoms with Crippen LogP contribution in [0.2, 0.25) is 0 Å². The molecule has 0 atom stereocenters. The number of nitrogens with zero attached hydrogens (tertiary/aromatic N) is 2. The number of β-amino-alcohol motifs (C(OH)–C–C–N with tert-alkyl or cyclic N) is 1. The molecule has 2 heterocycles. The first-order valence-electron chi connectivity index (χ1n) is 5.48. The average molecular weight is 213 g/mol. The van der Waals surface area contributed by atoms with E-state index in [0.717, 1.165) is 26.2 Å². The van der Waals surface area contributed by atoms with E-state index in [1.807, 2.05) is 4.90 Å². The van der Waals surface area contributed by atoms with Gasteiger partial charge in [-0.15, -0.1) is 0 Å². The highest BCUT2D eigenvalue weighted by atomic mass is 16.3. The van der Waals surface area contributed by atoms with Crippen molar-refractivity contribution in [1.82, 2.24) is 15.1 Å². The smallest absolute Gasteiger partial charge is 0.225 e. The summed E-state index contributed by atoms with van der Waals surface area (Å²) >= 11 is 0. The van der Waals surface area contributed by atoms with Gasteiger partial charge >= 0.3 is 0 Å². The third-order valence-corrected chi connectivity index (χ3v) is 3.24. The van der Waals surface area contributed by atoms with E-state index in [0.29, 0.717) is 13.1 Å². The fraction of sp³-hybridized carbons (Fsp3) is 0.900. The second kappa shape index (κ2) is 4.08. The quantitative estimate of drug-likeness (QED) is 0.585. The lowest BCUT2D eigenvalue weighted by atomic mass is 9.92. The highest BCUT2D eigenvalue weighted by Crippen LogP contribution is 2.17. The molecule has 15 heavy (non-hydrogen) atoms. The molecule has 0 aliphatic carbocycles. The van der Waals surface area contributed by atoms with Crippen LogP contribution < -0.4 is 5.32 Å². The van der Waals surface area contributed by atoms with Gasteiger partial charge in [0.1, 0.15) is 0 Å². The van der Waals surface area contributed by atoms with Gasteiger partial charge in [-0.2, -0.15) is 0 Å². The molecule has 0 bridgehead atoms. The second-order valence-electron chi connectivity index (χ2n) is 4.69. The molecule has 5 nitrogen and oxygen atoms in total. The Morgan fingerprint density at radius 2 is 1.93 bits per heavy atom. The molecule has 5 heteroatoms. The molecule has 2 rings (SSSR count). The Morgan fingerprint density at radius 1 is 1.33 bits per heavy atom. The molecule has 1 amide bonds. The molecule has 0 aromatic rings. The van der Waals surface area contributed by atoms with Crippen LogP contribution in [0.5, 0.6) is 0 Å². The monoisotopic (exact) mass is 213 g/mol. The number of likely N-dealkylation sites (N-methyl/N-ethyl adjacent to an activating group) is 1. The van der Waals surface area contributed by atoms with Gasteiger partial charge in [0.05, 0.1) is 12.0 Å². The van der Waals surface area contributed by atoms with Gasteiger partial charge in [-0.25, -0.2) is 0 Å². The molecule has 0 radical (unpaired) electrons. The highest BCUT2D eigenvalue weighted by Gasteiger charge is 2.37. The number of nitrogens with one attached hydrogen (secondary N) is 1. The van der Waals surface area contributed by atoms with E-state index < -0.39 is 5.60 Å². The van der Waals surface area contributed by atoms with Crippen LogP contribution in [0.4, 0.5) is 0 Å². The molecular formula is C10H19N3O2. The van der Waals surface area contributed by atoms with Crippen LogP contribution >= 0.6 is 0 Å². The van der Waals surface area contributed by atoms with E-state index in [2.05, 4.69) is 17.3 Å². The van der Waals surface area contributed by atoms with E-state index in [4.69, 9.17) is 0 Å². The summed E-state index contributed by atoms with van der Waals surface area (Å²) in [6.07, 6.45) is 0.268. The standard InChI is InChI=1S/C10H19N3O2/c1-12-2-4-13(5-3-12)9(14)6-10(15)7-11-8-10/h11,15H,2-8H2,1H3. The Balaban J connectivity index is 1.80. The minimum Gasteiger partial charge on any atom is -0.387 e. The molecule has 2 aliphatic heterocycles. The number of carbonyl (C=O) groups excluding carboxylic acids is 1. The minimum absolute atomic E-state index is 0.0899. The topological polar surface area (TPSA) is 55.8 Å². The molecule has 2 N–H and O–H groups in total. The van der Waals surface area contributed by atoms with E-state index in [1.54, 1.807) is 0 Å². The minimum atomic E-state index is -0.777. The van der Waals surface area contributed by atoms with Crippen molar-refractivity contribution >= 4 is 5.91 Å². The Labute approximate surface area is 90.0 Å². The van der Waals surface area contributed by atoms with E-state index >= 15 is 0 Å². The number of hydrogen-bond acceptors (Lipinski definition) is 4. The highest BCUT2D eigenvalue weighted by molar-refractivity contribution is 5.77. The molecular weight excluding hydrogens is 194 g/mol. The summed E-state index contributed by atoms with van der Waals surface area (Å²) in [5.41, 5.74) is -0.777. The SMILES string of the molecule is CN1CCN(C(=O)CC2(O)CNC2)CC1. The van der Waals surface area contributed by atoms with Crippen molar-refractivity contribution in [3.63, 3.8) is 0 Å². The largest absolute Gasteiger partial charge is 0.387 e. The predicted molar refractivity (Wildman–Crippen MR) is 56.5 cm³/mol. The molecule has 0 spiro atoms. The number of rotatable bonds is 2. The maximum Gasteiger partial charge on any atom is 0.225 e. The molecule has 0 unspecified atom stereocenters. The first-order chi connectivity index (χ1) is 7.09. The van der Waals surface area contributed by atoms with E-state index in [9.17, 15) is 9.90 Å². The zero-order valence-electron chi connectivity index (χ0n) is 9.20. The van der Waals surface area contributed by atoms with Gasteiger partial charge in [0.2, 0.25) is 5.91 Å². The van der Waals surface area contributed by atoms with Gasteiger partial charge in [-0.1, -0.05) is 0 Å². The first kappa shape index (κ1) is 10.9. The summed E-state index contributed by atoms with van der Waals surface area (Å²) in [6.45, 7) is 4.54. The summed E-state index contributed by atoms with van der Waals surface area (Å²) in [4.78, 5) is 15.9. The van der Waals surface area contributed by atoms with Crippen molar-refractivity contribution in [2.45, 2.75) is 12.0 Å². The van der Waals surface area contributed by atoms with Crippen molar-refractivity contribution in [1.29, 1.82) is 0 Å². The normalized spacial score (nSPS) is 26.1. The lowest BCUT2D eigenvalue weighted by molar-refractivity contribution is -0.140. The fourth-order valence-corrected chi connectivity index (χ4v) is 1.99. The number of piperazine rings is 1. The molecule has 2 aliphatic rings. The molecule has 2 fully saturated rings. The molecule has 2 saturated heterocycles. The van der Waals surface area contributed by atoms with Gasteiger partial charge in [0.15, 0.2) is 0 Å². The lowest BCUT2D eigenvalue weighted by Gasteiger charge is -2.39. The first-order valence-corrected chi connectivity index (χ1v) is 5.48. The molecule has 0 aromatic heterocycles. The van der Waals surface area contributed by atoms with Crippen LogP contribution in [-0.2, 0) is 4.79 Å². The lowest BCUT2D eigenvalue weighted by Crippen LogP contribution is -2.61. The van der Waals surface area contributed by atoms with Crippen molar-refractivity contribution in [3.8, 4) is 0 Å². The van der Waals surface area contributed by atoms with Crippen LogP contribution in [0.3, 0.4) is 0 Å². The van der Waals surface area contributed by atoms with E-state index in [1.165, 1.54) is 0 Å². The Hall–Kier alpha value is -0.650. The fourth-order valence-electron chi connectivity index (χ4n) is 1.99. The zero-order valence-corrected chi connectivity index (χ0v) is 9.20. The van der Waals surface area contributed by atoms with Crippen molar-refractivity contribution < 1.29 is 9.90 Å². The zero-order chi connectivity index (χ0) is 10.9. The predicted octanol–water partition coefficient (Wildman–Crippen LogP) is -1.52. The number of amides is 1. The van der Waals surface area contributed by atoms with Crippen LogP contribution in [0.25, 0.3) is 0 Å². The van der Waals surface area contributed by atoms with Crippen LogP contribution in [0, 0.1) is 0 Å². The van der Waals surface area contributed by atoms with Crippen LogP contribution in [0.1, 0.15) is 6.42 Å². The number of carbonyl (C=O) groups is 1. The number of aliphatic hydroxyl groups is 1. The van der Waals surface area contributed by atoms with Crippen molar-refractivity contribution in [3.05, 3.63) is 0 Å². The summed E-state index contributed by atoms with van der Waals surface area (Å²) in [5.74, 6) is 0.0899. The van der Waals surface area contributed by atoms with Gasteiger partial charge in [-0.05, 0) is 7.05 Å². The van der Waals surface area contributed by atoms with Gasteiger partial charge in [-0.3, -0.25) is 4.79 Å². The van der Waals surface area contributed by atoms with Crippen LogP contribution in [0.15, 0.2) is 0 Å². The Kier molecular flexibility index (Phi) is 2.95. The molecule has 86 valence electrons.